The molecule has 0 rings (SSSR count). The van der Waals surface area contributed by atoms with Crippen LogP contribution in [-0.2, 0) is 34.8 Å². The Morgan fingerprint density at radius 2 is 0.722 bits per heavy atom. The number of hydrogen-bond acceptors (Lipinski definition) is 8. The van der Waals surface area contributed by atoms with Crippen LogP contribution in [0.4, 0.5) is 0 Å². The summed E-state index contributed by atoms with van der Waals surface area (Å²) < 4.78 is 26.2. The minimum atomic E-state index is -5.39. The molecule has 0 radical (unpaired) electrons. The molecule has 0 spiro atoms. The molecule has 0 bridgehead atoms. The second-order valence-corrected chi connectivity index (χ2v) is 4.35. The van der Waals surface area contributed by atoms with E-state index in [2.05, 4.69) is 0 Å². The fourth-order valence-electron chi connectivity index (χ4n) is 0. The van der Waals surface area contributed by atoms with Gasteiger partial charge >= 0.3 is 28.9 Å². The van der Waals surface area contributed by atoms with Gasteiger partial charge in [0.05, 0.1) is 0 Å². The van der Waals surface area contributed by atoms with Gasteiger partial charge in [-0.3, -0.25) is 4.57 Å². The fraction of sp³-hybridized carbons (Fsp3) is 0. The van der Waals surface area contributed by atoms with Crippen LogP contribution < -0.4 is 25.7 Å². The Hall–Kier alpha value is 1.33. The Morgan fingerprint density at radius 1 is 0.722 bits per heavy atom. The molecule has 0 saturated carbocycles. The molecule has 0 aliphatic heterocycles. The number of rotatable bonds is 0. The average Bonchev–Trinajstić information content (AvgIpc) is 1.41. The van der Waals surface area contributed by atoms with Crippen molar-refractivity contribution < 1.29 is 78.8 Å². The van der Waals surface area contributed by atoms with Gasteiger partial charge in [0.15, 0.2) is 0 Å². The molecule has 18 heavy (non-hydrogen) atoms. The predicted octanol–water partition coefficient (Wildman–Crippen LogP) is -5.04. The zero-order chi connectivity index (χ0) is 13.5. The SMILES string of the molecule is N.O=P(O)(O)O.O=P([O-])(O)O.O=P([O-])([O-])[O-].S.[Mo+4]. The van der Waals surface area contributed by atoms with E-state index in [1.165, 1.54) is 0 Å². The van der Waals surface area contributed by atoms with Crippen molar-refractivity contribution in [2.75, 3.05) is 0 Å². The van der Waals surface area contributed by atoms with Crippen LogP contribution >= 0.6 is 37.0 Å². The summed E-state index contributed by atoms with van der Waals surface area (Å²) in [4.78, 5) is 70.1. The maximum absolute atomic E-state index is 8.88. The van der Waals surface area contributed by atoms with E-state index in [1.54, 1.807) is 0 Å². The quantitative estimate of drug-likeness (QED) is 0.153. The van der Waals surface area contributed by atoms with Gasteiger partial charge in [-0.1, -0.05) is 0 Å². The summed E-state index contributed by atoms with van der Waals surface area (Å²) in [5, 5.41) is 0. The Labute approximate surface area is 122 Å². The van der Waals surface area contributed by atoms with Crippen molar-refractivity contribution in [3.8, 4) is 0 Å². The third-order valence-corrected chi connectivity index (χ3v) is 0. The van der Waals surface area contributed by atoms with Crippen LogP contribution in [0.25, 0.3) is 0 Å². The largest absolute Gasteiger partial charge is 4.00 e. The van der Waals surface area contributed by atoms with Crippen molar-refractivity contribution in [2.45, 2.75) is 0 Å². The van der Waals surface area contributed by atoms with Crippen LogP contribution in [0.3, 0.4) is 0 Å². The predicted molar refractivity (Wildman–Crippen MR) is 49.3 cm³/mol. The third kappa shape index (κ3) is 2620. The summed E-state index contributed by atoms with van der Waals surface area (Å²) in [6, 6.07) is 0. The average molecular weight is 437 g/mol. The molecule has 0 atom stereocenters. The van der Waals surface area contributed by atoms with Crippen LogP contribution in [0.2, 0.25) is 0 Å². The molecule has 0 saturated heterocycles. The fourth-order valence-corrected chi connectivity index (χ4v) is 0. The molecule has 0 aromatic carbocycles. The molecule has 114 valence electrons. The van der Waals surface area contributed by atoms with Crippen LogP contribution in [0.1, 0.15) is 0 Å². The standard InChI is InChI=1S/Mo.H3N.3H3O4P.H2S/c;;3*1-5(2,3)4;/h;1H3;3*(H3,1,2,3,4);1H2/q+4;;;;;/p-4. The first-order chi connectivity index (χ1) is 6.00. The third-order valence-electron chi connectivity index (χ3n) is 0. The topological polar surface area (TPSA) is 280 Å². The van der Waals surface area contributed by atoms with E-state index in [0.29, 0.717) is 0 Å². The van der Waals surface area contributed by atoms with Gasteiger partial charge in [0.25, 0.3) is 7.82 Å². The maximum Gasteiger partial charge on any atom is 4.00 e. The van der Waals surface area contributed by atoms with Gasteiger partial charge in [0.2, 0.25) is 0 Å². The van der Waals surface area contributed by atoms with Crippen LogP contribution in [0, 0.1) is 0 Å². The molecule has 0 aromatic heterocycles. The van der Waals surface area contributed by atoms with E-state index in [1.807, 2.05) is 0 Å². The van der Waals surface area contributed by atoms with Crippen LogP contribution in [0.5, 0.6) is 0 Å². The summed E-state index contributed by atoms with van der Waals surface area (Å²) in [6.07, 6.45) is 0. The Morgan fingerprint density at radius 3 is 0.722 bits per heavy atom. The molecular formula is H10MoNO12P3S. The van der Waals surface area contributed by atoms with Crippen LogP contribution in [0.15, 0.2) is 0 Å². The van der Waals surface area contributed by atoms with Crippen molar-refractivity contribution in [3.05, 3.63) is 0 Å². The molecule has 0 aliphatic carbocycles. The Bertz CT molecular complexity index is 213. The van der Waals surface area contributed by atoms with Crippen molar-refractivity contribution in [2.24, 2.45) is 0 Å². The second kappa shape index (κ2) is 14.7. The van der Waals surface area contributed by atoms with Gasteiger partial charge < -0.3 is 54.8 Å². The van der Waals surface area contributed by atoms with Gasteiger partial charge in [-0.05, 0) is 0 Å². The van der Waals surface area contributed by atoms with Crippen molar-refractivity contribution in [1.82, 2.24) is 6.15 Å². The Balaban J connectivity index is -0.0000000277. The summed E-state index contributed by atoms with van der Waals surface area (Å²) >= 11 is 0. The smallest absolute Gasteiger partial charge is 0.822 e. The van der Waals surface area contributed by atoms with Gasteiger partial charge in [-0.25, -0.2) is 4.57 Å². The van der Waals surface area contributed by atoms with E-state index in [0.717, 1.165) is 0 Å². The first kappa shape index (κ1) is 36.6. The molecule has 0 aliphatic rings. The molecule has 0 unspecified atom stereocenters. The summed E-state index contributed by atoms with van der Waals surface area (Å²) in [5.41, 5.74) is 0. The summed E-state index contributed by atoms with van der Waals surface area (Å²) in [7, 11) is -14.9. The number of phosphoric acid groups is 3. The Kier molecular flexibility index (Phi) is 29.9. The zero-order valence-corrected chi connectivity index (χ0v) is 13.7. The maximum atomic E-state index is 8.88. The van der Waals surface area contributed by atoms with E-state index >= 15 is 0 Å². The molecule has 0 heterocycles. The van der Waals surface area contributed by atoms with Crippen LogP contribution in [-0.4, -0.2) is 24.5 Å². The van der Waals surface area contributed by atoms with Gasteiger partial charge in [-0.2, -0.15) is 21.3 Å². The molecule has 0 aromatic rings. The molecule has 8 N–H and O–H groups in total. The molecule has 0 amide bonds. The second-order valence-electron chi connectivity index (χ2n) is 1.45. The zero-order valence-electron chi connectivity index (χ0n) is 8.05. The molecule has 13 nitrogen and oxygen atoms in total. The van der Waals surface area contributed by atoms with Crippen molar-refractivity contribution in [3.63, 3.8) is 0 Å². The van der Waals surface area contributed by atoms with Crippen molar-refractivity contribution >= 4 is 37.0 Å². The van der Waals surface area contributed by atoms with E-state index < -0.39 is 23.5 Å². The molecule has 0 fully saturated rings. The molecule has 18 heteroatoms. The monoisotopic (exact) mass is 439 g/mol. The normalized spacial score (nSPS) is 9.83. The van der Waals surface area contributed by atoms with E-state index in [-0.39, 0.29) is 40.7 Å². The first-order valence-corrected chi connectivity index (χ1v) is 6.83. The van der Waals surface area contributed by atoms with Gasteiger partial charge in [0, 0.05) is 0 Å². The van der Waals surface area contributed by atoms with Gasteiger partial charge in [0.1, 0.15) is 0 Å². The van der Waals surface area contributed by atoms with Gasteiger partial charge in [-0.15, -0.1) is 0 Å². The first-order valence-electron chi connectivity index (χ1n) is 2.28. The minimum Gasteiger partial charge on any atom is -0.822 e. The van der Waals surface area contributed by atoms with E-state index in [9.17, 15) is 0 Å². The minimum absolute atomic E-state index is 0. The summed E-state index contributed by atoms with van der Waals surface area (Å²) in [6.45, 7) is 0. The van der Waals surface area contributed by atoms with Crippen molar-refractivity contribution in [1.29, 1.82) is 0 Å². The number of hydrogen-bond donors (Lipinski definition) is 6. The summed E-state index contributed by atoms with van der Waals surface area (Å²) in [5.74, 6) is 0. The molecular weight excluding hydrogens is 427 g/mol. The van der Waals surface area contributed by atoms with E-state index in [4.69, 9.17) is 57.7 Å².